The Hall–Kier alpha value is -2.48. The van der Waals surface area contributed by atoms with Gasteiger partial charge in [0.15, 0.2) is 27.1 Å². The van der Waals surface area contributed by atoms with Gasteiger partial charge in [0, 0.05) is 12.6 Å². The third kappa shape index (κ3) is 4.67. The molecule has 0 aliphatic carbocycles. The third-order valence-corrected chi connectivity index (χ3v) is 6.44. The summed E-state index contributed by atoms with van der Waals surface area (Å²) in [5.74, 6) is 1.75. The highest BCUT2D eigenvalue weighted by Gasteiger charge is 2.35. The molecule has 7 nitrogen and oxygen atoms in total. The second-order valence-corrected chi connectivity index (χ2v) is 8.99. The number of nitrogens with zero attached hydrogens (tertiary/aromatic N) is 1. The van der Waals surface area contributed by atoms with Crippen molar-refractivity contribution in [1.29, 1.82) is 0 Å². The molecule has 1 aromatic carbocycles. The second kappa shape index (κ2) is 8.68. The summed E-state index contributed by atoms with van der Waals surface area (Å²) in [6.45, 7) is 2.60. The molecule has 1 atom stereocenters. The molecule has 2 aromatic rings. The fourth-order valence-corrected chi connectivity index (χ4v) is 5.04. The van der Waals surface area contributed by atoms with Gasteiger partial charge in [-0.3, -0.25) is 4.79 Å². The first-order valence-electron chi connectivity index (χ1n) is 9.29. The van der Waals surface area contributed by atoms with Crippen LogP contribution in [0.1, 0.15) is 36.1 Å². The minimum absolute atomic E-state index is 0.0171. The van der Waals surface area contributed by atoms with Crippen molar-refractivity contribution in [2.75, 3.05) is 25.2 Å². The first-order valence-corrected chi connectivity index (χ1v) is 11.1. The van der Waals surface area contributed by atoms with Crippen LogP contribution in [-0.2, 0) is 16.4 Å². The second-order valence-electron chi connectivity index (χ2n) is 6.76. The Bertz CT molecular complexity index is 920. The van der Waals surface area contributed by atoms with Gasteiger partial charge in [0.1, 0.15) is 12.4 Å². The van der Waals surface area contributed by atoms with Crippen molar-refractivity contribution < 1.29 is 27.1 Å². The summed E-state index contributed by atoms with van der Waals surface area (Å²) in [5, 5.41) is 0. The Morgan fingerprint density at radius 2 is 1.96 bits per heavy atom. The van der Waals surface area contributed by atoms with E-state index in [0.29, 0.717) is 30.2 Å². The molecule has 1 aromatic heterocycles. The smallest absolute Gasteiger partial charge is 0.289 e. The van der Waals surface area contributed by atoms with E-state index in [4.69, 9.17) is 13.9 Å². The number of benzene rings is 1. The van der Waals surface area contributed by atoms with Gasteiger partial charge in [-0.25, -0.2) is 8.42 Å². The number of rotatable bonds is 8. The van der Waals surface area contributed by atoms with Gasteiger partial charge in [0.2, 0.25) is 0 Å². The number of hydrogen-bond donors (Lipinski definition) is 0. The summed E-state index contributed by atoms with van der Waals surface area (Å²) >= 11 is 0. The minimum atomic E-state index is -3.07. The number of amides is 1. The van der Waals surface area contributed by atoms with Crippen LogP contribution < -0.4 is 9.47 Å². The van der Waals surface area contributed by atoms with E-state index in [9.17, 15) is 13.2 Å². The standard InChI is InChI=1S/C20H25NO6S/c1-3-11-21(15-10-12-28(23,24)14-15)20(22)19-9-8-16(27-19)13-26-18-7-5-4-6-17(18)25-2/h4-9,15H,3,10-14H2,1-2H3. The maximum absolute atomic E-state index is 12.9. The fourth-order valence-electron chi connectivity index (χ4n) is 3.31. The van der Waals surface area contributed by atoms with Gasteiger partial charge in [-0.15, -0.1) is 0 Å². The van der Waals surface area contributed by atoms with Gasteiger partial charge in [-0.05, 0) is 37.1 Å². The van der Waals surface area contributed by atoms with E-state index < -0.39 is 9.84 Å². The van der Waals surface area contributed by atoms with Crippen LogP contribution in [-0.4, -0.2) is 50.4 Å². The van der Waals surface area contributed by atoms with E-state index in [-0.39, 0.29) is 35.8 Å². The SMILES string of the molecule is CCCN(C(=O)c1ccc(COc2ccccc2OC)o1)C1CCS(=O)(=O)C1. The Kier molecular flexibility index (Phi) is 6.28. The number of furan rings is 1. The quantitative estimate of drug-likeness (QED) is 0.669. The zero-order valence-corrected chi connectivity index (χ0v) is 16.9. The zero-order chi connectivity index (χ0) is 20.1. The van der Waals surface area contributed by atoms with Gasteiger partial charge in [-0.2, -0.15) is 0 Å². The van der Waals surface area contributed by atoms with Gasteiger partial charge in [0.05, 0.1) is 18.6 Å². The van der Waals surface area contributed by atoms with E-state index >= 15 is 0 Å². The van der Waals surface area contributed by atoms with Crippen LogP contribution in [0.15, 0.2) is 40.8 Å². The monoisotopic (exact) mass is 407 g/mol. The lowest BCUT2D eigenvalue weighted by molar-refractivity contribution is 0.0660. The van der Waals surface area contributed by atoms with Crippen molar-refractivity contribution >= 4 is 15.7 Å². The highest BCUT2D eigenvalue weighted by Crippen LogP contribution is 2.27. The lowest BCUT2D eigenvalue weighted by Gasteiger charge is -2.26. The lowest BCUT2D eigenvalue weighted by Crippen LogP contribution is -2.41. The number of sulfone groups is 1. The molecule has 1 aliphatic heterocycles. The molecule has 28 heavy (non-hydrogen) atoms. The summed E-state index contributed by atoms with van der Waals surface area (Å²) < 4.78 is 40.2. The molecule has 0 radical (unpaired) electrons. The van der Waals surface area contributed by atoms with Crippen molar-refractivity contribution in [3.63, 3.8) is 0 Å². The molecular weight excluding hydrogens is 382 g/mol. The first-order chi connectivity index (χ1) is 13.4. The van der Waals surface area contributed by atoms with E-state index in [1.807, 2.05) is 19.1 Å². The highest BCUT2D eigenvalue weighted by molar-refractivity contribution is 7.91. The molecule has 0 N–H and O–H groups in total. The molecule has 0 spiro atoms. The molecule has 0 saturated carbocycles. The third-order valence-electron chi connectivity index (χ3n) is 4.69. The topological polar surface area (TPSA) is 86.1 Å². The Morgan fingerprint density at radius 1 is 1.21 bits per heavy atom. The van der Waals surface area contributed by atoms with Crippen LogP contribution in [0.3, 0.4) is 0 Å². The number of carbonyl (C=O) groups excluding carboxylic acids is 1. The molecule has 8 heteroatoms. The van der Waals surface area contributed by atoms with Crippen molar-refractivity contribution in [2.24, 2.45) is 0 Å². The fraction of sp³-hybridized carbons (Fsp3) is 0.450. The first kappa shape index (κ1) is 20.3. The van der Waals surface area contributed by atoms with Crippen molar-refractivity contribution in [3.05, 3.63) is 47.9 Å². The van der Waals surface area contributed by atoms with Crippen LogP contribution in [0.25, 0.3) is 0 Å². The minimum Gasteiger partial charge on any atom is -0.493 e. The molecule has 1 unspecified atom stereocenters. The highest BCUT2D eigenvalue weighted by atomic mass is 32.2. The molecular formula is C20H25NO6S. The molecule has 2 heterocycles. The van der Waals surface area contributed by atoms with Gasteiger partial charge in [0.25, 0.3) is 5.91 Å². The number of ether oxygens (including phenoxy) is 2. The van der Waals surface area contributed by atoms with E-state index in [1.165, 1.54) is 0 Å². The number of para-hydroxylation sites is 2. The van der Waals surface area contributed by atoms with E-state index in [0.717, 1.165) is 6.42 Å². The normalized spacial score (nSPS) is 18.0. The summed E-state index contributed by atoms with van der Waals surface area (Å²) in [4.78, 5) is 14.5. The number of carbonyl (C=O) groups is 1. The number of methoxy groups -OCH3 is 1. The van der Waals surface area contributed by atoms with Crippen molar-refractivity contribution in [2.45, 2.75) is 32.4 Å². The average Bonchev–Trinajstić information content (AvgIpc) is 3.30. The van der Waals surface area contributed by atoms with Crippen LogP contribution in [0.2, 0.25) is 0 Å². The van der Waals surface area contributed by atoms with Gasteiger partial charge < -0.3 is 18.8 Å². The largest absolute Gasteiger partial charge is 0.493 e. The molecule has 1 amide bonds. The molecule has 3 rings (SSSR count). The molecule has 152 valence electrons. The van der Waals surface area contributed by atoms with Crippen molar-refractivity contribution in [3.8, 4) is 11.5 Å². The summed E-state index contributed by atoms with van der Waals surface area (Å²) in [6, 6.07) is 10.3. The van der Waals surface area contributed by atoms with Gasteiger partial charge in [-0.1, -0.05) is 19.1 Å². The predicted molar refractivity (Wildman–Crippen MR) is 104 cm³/mol. The average molecular weight is 407 g/mol. The Morgan fingerprint density at radius 3 is 2.61 bits per heavy atom. The van der Waals surface area contributed by atoms with Gasteiger partial charge >= 0.3 is 0 Å². The summed E-state index contributed by atoms with van der Waals surface area (Å²) in [6.07, 6.45) is 1.21. The predicted octanol–water partition coefficient (Wildman–Crippen LogP) is 2.91. The Labute approximate surface area is 165 Å². The Balaban J connectivity index is 1.68. The van der Waals surface area contributed by atoms with E-state index in [2.05, 4.69) is 0 Å². The molecule has 1 aliphatic rings. The summed E-state index contributed by atoms with van der Waals surface area (Å²) in [7, 11) is -1.50. The molecule has 1 fully saturated rings. The maximum Gasteiger partial charge on any atom is 0.289 e. The summed E-state index contributed by atoms with van der Waals surface area (Å²) in [5.41, 5.74) is 0. The van der Waals surface area contributed by atoms with Crippen LogP contribution >= 0.6 is 0 Å². The van der Waals surface area contributed by atoms with Crippen molar-refractivity contribution in [1.82, 2.24) is 4.90 Å². The molecule has 1 saturated heterocycles. The van der Waals surface area contributed by atoms with Crippen LogP contribution in [0.4, 0.5) is 0 Å². The molecule has 0 bridgehead atoms. The zero-order valence-electron chi connectivity index (χ0n) is 16.1. The number of hydrogen-bond acceptors (Lipinski definition) is 6. The van der Waals surface area contributed by atoms with E-state index in [1.54, 1.807) is 36.3 Å². The maximum atomic E-state index is 12.9. The van der Waals surface area contributed by atoms with Crippen LogP contribution in [0, 0.1) is 0 Å². The van der Waals surface area contributed by atoms with Crippen LogP contribution in [0.5, 0.6) is 11.5 Å². The lowest BCUT2D eigenvalue weighted by atomic mass is 10.2.